The second-order valence-electron chi connectivity index (χ2n) is 3.74. The normalized spacial score (nSPS) is 13.9. The van der Waals surface area contributed by atoms with Crippen LogP contribution >= 0.6 is 0 Å². The summed E-state index contributed by atoms with van der Waals surface area (Å²) in [4.78, 5) is 19.6. The fourth-order valence-corrected chi connectivity index (χ4v) is 0.565. The Kier molecular flexibility index (Phi) is 10.9. The number of carbonyl (C=O) groups is 2. The van der Waals surface area contributed by atoms with Crippen molar-refractivity contribution in [2.45, 2.75) is 24.7 Å². The number of rotatable bonds is 2. The number of hydrogen-bond acceptors (Lipinski definition) is 4. The summed E-state index contributed by atoms with van der Waals surface area (Å²) < 4.78 is 136. The molecule has 0 saturated carbocycles. The molecule has 0 aliphatic heterocycles. The molecule has 0 aliphatic rings. The fourth-order valence-electron chi connectivity index (χ4n) is 0.565. The van der Waals surface area contributed by atoms with Gasteiger partial charge in [0.25, 0.3) is 11.6 Å². The first-order chi connectivity index (χ1) is 11.1. The van der Waals surface area contributed by atoms with Gasteiger partial charge in [-0.15, -0.1) is 0 Å². The second-order valence-corrected chi connectivity index (χ2v) is 3.74. The van der Waals surface area contributed by atoms with Crippen LogP contribution in [0.25, 0.3) is 0 Å². The first-order valence-corrected chi connectivity index (χ1v) is 5.24. The molecular formula is C10H2CoF12O4. The molecule has 0 saturated heterocycles. The van der Waals surface area contributed by atoms with Gasteiger partial charge >= 0.3 is 41.5 Å². The zero-order chi connectivity index (χ0) is 21.7. The third kappa shape index (κ3) is 13.0. The van der Waals surface area contributed by atoms with E-state index in [9.17, 15) is 72.5 Å². The van der Waals surface area contributed by atoms with Crippen molar-refractivity contribution in [1.82, 2.24) is 0 Å². The van der Waals surface area contributed by atoms with Crippen molar-refractivity contribution in [3.05, 3.63) is 23.7 Å². The average Bonchev–Trinajstić information content (AvgIpc) is 2.34. The first-order valence-electron chi connectivity index (χ1n) is 5.24. The van der Waals surface area contributed by atoms with E-state index in [1.54, 1.807) is 0 Å². The van der Waals surface area contributed by atoms with Crippen LogP contribution in [0.1, 0.15) is 0 Å². The molecule has 4 nitrogen and oxygen atoms in total. The van der Waals surface area contributed by atoms with Gasteiger partial charge in [0.1, 0.15) is 0 Å². The van der Waals surface area contributed by atoms with E-state index < -0.39 is 59.9 Å². The molecular weight excluding hydrogens is 471 g/mol. The molecule has 0 aromatic carbocycles. The molecule has 0 aromatic heterocycles. The molecule has 0 bridgehead atoms. The van der Waals surface area contributed by atoms with Gasteiger partial charge in [0, 0.05) is 0 Å². The molecule has 1 radical (unpaired) electrons. The topological polar surface area (TPSA) is 80.3 Å². The van der Waals surface area contributed by atoms with Crippen molar-refractivity contribution in [3.63, 3.8) is 0 Å². The number of alkyl halides is 12. The van der Waals surface area contributed by atoms with Crippen molar-refractivity contribution in [2.75, 3.05) is 0 Å². The van der Waals surface area contributed by atoms with Crippen LogP contribution in [0.2, 0.25) is 0 Å². The number of ketones is 2. The van der Waals surface area contributed by atoms with Crippen molar-refractivity contribution in [2.24, 2.45) is 0 Å². The summed E-state index contributed by atoms with van der Waals surface area (Å²) in [5.41, 5.74) is 0. The van der Waals surface area contributed by atoms with Gasteiger partial charge in [0.15, 0.2) is 0 Å². The van der Waals surface area contributed by atoms with E-state index in [4.69, 9.17) is 0 Å². The Labute approximate surface area is 150 Å². The standard InChI is InChI=1S/2C5H2F6O2.Co/c2*6-4(7,8)2(12)1-3(13)5(9,10)11;/h2*1,12H;/q;;+2/p-2/b2*2-1-;. The minimum absolute atomic E-state index is 0. The van der Waals surface area contributed by atoms with Crippen LogP contribution in [0.5, 0.6) is 0 Å². The number of allylic oxidation sites excluding steroid dienone is 4. The summed E-state index contributed by atoms with van der Waals surface area (Å²) in [5, 5.41) is 19.6. The molecule has 0 aromatic rings. The van der Waals surface area contributed by atoms with E-state index in [-0.39, 0.29) is 16.8 Å². The monoisotopic (exact) mass is 473 g/mol. The second kappa shape index (κ2) is 9.86. The van der Waals surface area contributed by atoms with Crippen LogP contribution in [-0.4, -0.2) is 36.3 Å². The van der Waals surface area contributed by atoms with Gasteiger partial charge in [0.2, 0.25) is 0 Å². The first kappa shape index (κ1) is 29.8. The van der Waals surface area contributed by atoms with Crippen molar-refractivity contribution < 1.29 is 89.3 Å². The average molecular weight is 473 g/mol. The third-order valence-electron chi connectivity index (χ3n) is 1.64. The van der Waals surface area contributed by atoms with Gasteiger partial charge in [-0.05, 0) is 23.7 Å². The zero-order valence-corrected chi connectivity index (χ0v) is 12.7. The van der Waals surface area contributed by atoms with Crippen molar-refractivity contribution in [3.8, 4) is 0 Å². The maximum absolute atomic E-state index is 11.3. The summed E-state index contributed by atoms with van der Waals surface area (Å²) in [6, 6.07) is 0. The van der Waals surface area contributed by atoms with Crippen LogP contribution in [0.15, 0.2) is 23.7 Å². The number of halogens is 12. The SMILES string of the molecule is O=C(/C=C(\[O-])C(F)(F)F)C(F)(F)F.O=C(/C=C(\[O-])C(F)(F)F)C(F)(F)F.[Co+2]. The number of carbonyl (C=O) groups excluding carboxylic acids is 2. The molecule has 159 valence electrons. The van der Waals surface area contributed by atoms with Crippen LogP contribution < -0.4 is 10.2 Å². The van der Waals surface area contributed by atoms with Gasteiger partial charge in [-0.3, -0.25) is 9.59 Å². The largest absolute Gasteiger partial charge is 2.00 e. The Balaban J connectivity index is -0.000000411. The van der Waals surface area contributed by atoms with Gasteiger partial charge < -0.3 is 10.2 Å². The molecule has 17 heteroatoms. The maximum Gasteiger partial charge on any atom is 2.00 e. The minimum Gasteiger partial charge on any atom is -0.869 e. The maximum atomic E-state index is 11.3. The van der Waals surface area contributed by atoms with Crippen LogP contribution in [0.3, 0.4) is 0 Å². The Morgan fingerprint density at radius 1 is 0.519 bits per heavy atom. The quantitative estimate of drug-likeness (QED) is 0.349. The summed E-state index contributed by atoms with van der Waals surface area (Å²) in [5.74, 6) is -11.3. The predicted octanol–water partition coefficient (Wildman–Crippen LogP) is 1.85. The molecule has 0 N–H and O–H groups in total. The van der Waals surface area contributed by atoms with E-state index in [1.165, 1.54) is 0 Å². The van der Waals surface area contributed by atoms with Crippen molar-refractivity contribution in [1.29, 1.82) is 0 Å². The molecule has 0 rings (SSSR count). The third-order valence-corrected chi connectivity index (χ3v) is 1.64. The Morgan fingerprint density at radius 2 is 0.704 bits per heavy atom. The summed E-state index contributed by atoms with van der Waals surface area (Å²) in [6.07, 6.45) is -23.9. The molecule has 0 amide bonds. The van der Waals surface area contributed by atoms with Crippen LogP contribution in [0, 0.1) is 0 Å². The summed E-state index contributed by atoms with van der Waals surface area (Å²) >= 11 is 0. The Hall–Kier alpha value is -1.91. The predicted molar refractivity (Wildman–Crippen MR) is 50.4 cm³/mol. The molecule has 0 fully saturated rings. The van der Waals surface area contributed by atoms with Gasteiger partial charge in [-0.25, -0.2) is 0 Å². The summed E-state index contributed by atoms with van der Waals surface area (Å²) in [7, 11) is 0. The van der Waals surface area contributed by atoms with E-state index in [1.807, 2.05) is 0 Å². The molecule has 0 unspecified atom stereocenters. The van der Waals surface area contributed by atoms with E-state index in [2.05, 4.69) is 0 Å². The zero-order valence-electron chi connectivity index (χ0n) is 11.7. The summed E-state index contributed by atoms with van der Waals surface area (Å²) in [6.45, 7) is 0. The van der Waals surface area contributed by atoms with Crippen molar-refractivity contribution >= 4 is 11.6 Å². The van der Waals surface area contributed by atoms with Gasteiger partial charge in [-0.2, -0.15) is 52.7 Å². The van der Waals surface area contributed by atoms with Gasteiger partial charge in [-0.1, -0.05) is 0 Å². The number of hydrogen-bond donors (Lipinski definition) is 0. The molecule has 0 spiro atoms. The fraction of sp³-hybridized carbons (Fsp3) is 0.400. The van der Waals surface area contributed by atoms with E-state index in [0.29, 0.717) is 0 Å². The molecule has 27 heavy (non-hydrogen) atoms. The minimum atomic E-state index is -5.46. The molecule has 0 atom stereocenters. The Bertz CT molecular complexity index is 527. The van der Waals surface area contributed by atoms with Gasteiger partial charge in [0.05, 0.1) is 0 Å². The van der Waals surface area contributed by atoms with Crippen LogP contribution in [0.4, 0.5) is 52.7 Å². The van der Waals surface area contributed by atoms with Crippen LogP contribution in [-0.2, 0) is 26.4 Å². The molecule has 0 aliphatic carbocycles. The molecule has 0 heterocycles. The van der Waals surface area contributed by atoms with E-state index in [0.717, 1.165) is 0 Å². The Morgan fingerprint density at radius 3 is 0.815 bits per heavy atom. The smallest absolute Gasteiger partial charge is 0.869 e. The van der Waals surface area contributed by atoms with E-state index >= 15 is 0 Å².